The number of alkyl halides is 1. The molecule has 1 atom stereocenters. The van der Waals surface area contributed by atoms with Gasteiger partial charge in [-0.3, -0.25) is 0 Å². The van der Waals surface area contributed by atoms with Crippen molar-refractivity contribution in [1.29, 1.82) is 0 Å². The lowest BCUT2D eigenvalue weighted by Crippen LogP contribution is -2.20. The van der Waals surface area contributed by atoms with Crippen LogP contribution < -0.4 is 5.32 Å². The summed E-state index contributed by atoms with van der Waals surface area (Å²) in [6.07, 6.45) is 0. The first-order valence-corrected chi connectivity index (χ1v) is 4.19. The second kappa shape index (κ2) is 4.88. The largest absolute Gasteiger partial charge is 0.308 e. The number of nitrogens with one attached hydrogen (secondary N) is 1. The van der Waals surface area contributed by atoms with E-state index in [-0.39, 0.29) is 12.7 Å². The van der Waals surface area contributed by atoms with Crippen molar-refractivity contribution < 1.29 is 4.39 Å². The summed E-state index contributed by atoms with van der Waals surface area (Å²) in [5.74, 6) is 0. The highest BCUT2D eigenvalue weighted by Crippen LogP contribution is 2.10. The third kappa shape index (κ3) is 2.62. The molecule has 0 aliphatic heterocycles. The van der Waals surface area contributed by atoms with Gasteiger partial charge < -0.3 is 5.32 Å². The van der Waals surface area contributed by atoms with Gasteiger partial charge in [-0.05, 0) is 12.5 Å². The molecule has 0 aromatic heterocycles. The van der Waals surface area contributed by atoms with Gasteiger partial charge in [-0.25, -0.2) is 4.39 Å². The summed E-state index contributed by atoms with van der Waals surface area (Å²) in [5, 5.41) is 3.07. The Morgan fingerprint density at radius 1 is 1.33 bits per heavy atom. The highest BCUT2D eigenvalue weighted by molar-refractivity contribution is 5.17. The molecule has 0 aliphatic rings. The molecule has 1 rings (SSSR count). The SMILES string of the molecule is CC(NCCF)c1ccccc1. The van der Waals surface area contributed by atoms with Gasteiger partial charge in [0.05, 0.1) is 0 Å². The van der Waals surface area contributed by atoms with Crippen molar-refractivity contribution in [3.63, 3.8) is 0 Å². The minimum atomic E-state index is -0.308. The first kappa shape index (κ1) is 9.20. The Bertz CT molecular complexity index is 210. The van der Waals surface area contributed by atoms with Crippen LogP contribution >= 0.6 is 0 Å². The molecule has 1 unspecified atom stereocenters. The van der Waals surface area contributed by atoms with Crippen LogP contribution in [0.15, 0.2) is 30.3 Å². The lowest BCUT2D eigenvalue weighted by Gasteiger charge is -2.12. The molecule has 0 amide bonds. The molecular weight excluding hydrogens is 153 g/mol. The topological polar surface area (TPSA) is 12.0 Å². The fourth-order valence-corrected chi connectivity index (χ4v) is 1.13. The second-order valence-corrected chi connectivity index (χ2v) is 2.78. The second-order valence-electron chi connectivity index (χ2n) is 2.78. The maximum atomic E-state index is 11.8. The maximum Gasteiger partial charge on any atom is 0.102 e. The highest BCUT2D eigenvalue weighted by atomic mass is 19.1. The smallest absolute Gasteiger partial charge is 0.102 e. The highest BCUT2D eigenvalue weighted by Gasteiger charge is 2.01. The Morgan fingerprint density at radius 2 is 2.00 bits per heavy atom. The minimum absolute atomic E-state index is 0.238. The lowest BCUT2D eigenvalue weighted by atomic mass is 10.1. The van der Waals surface area contributed by atoms with E-state index in [0.717, 1.165) is 0 Å². The van der Waals surface area contributed by atoms with E-state index in [1.54, 1.807) is 0 Å². The van der Waals surface area contributed by atoms with Gasteiger partial charge in [0.2, 0.25) is 0 Å². The normalized spacial score (nSPS) is 12.8. The molecule has 0 heterocycles. The molecule has 0 saturated heterocycles. The summed E-state index contributed by atoms with van der Waals surface area (Å²) < 4.78 is 11.8. The van der Waals surface area contributed by atoms with Crippen molar-refractivity contribution in [2.75, 3.05) is 13.2 Å². The van der Waals surface area contributed by atoms with Gasteiger partial charge in [0.15, 0.2) is 0 Å². The number of rotatable bonds is 4. The molecule has 1 aromatic rings. The third-order valence-electron chi connectivity index (χ3n) is 1.84. The van der Waals surface area contributed by atoms with Crippen molar-refractivity contribution in [3.8, 4) is 0 Å². The number of hydrogen-bond acceptors (Lipinski definition) is 1. The van der Waals surface area contributed by atoms with E-state index in [1.807, 2.05) is 37.3 Å². The Balaban J connectivity index is 2.48. The van der Waals surface area contributed by atoms with Crippen LogP contribution in [0.3, 0.4) is 0 Å². The van der Waals surface area contributed by atoms with Crippen LogP contribution in [0.2, 0.25) is 0 Å². The van der Waals surface area contributed by atoms with Crippen LogP contribution in [-0.2, 0) is 0 Å². The van der Waals surface area contributed by atoms with Crippen LogP contribution in [0.4, 0.5) is 4.39 Å². The van der Waals surface area contributed by atoms with E-state index in [2.05, 4.69) is 5.32 Å². The molecular formula is C10H14FN. The van der Waals surface area contributed by atoms with E-state index < -0.39 is 0 Å². The van der Waals surface area contributed by atoms with Crippen LogP contribution in [0, 0.1) is 0 Å². The molecule has 0 saturated carbocycles. The molecule has 1 aromatic carbocycles. The molecule has 0 aliphatic carbocycles. The number of halogens is 1. The molecule has 0 fully saturated rings. The summed E-state index contributed by atoms with van der Waals surface area (Å²) in [7, 11) is 0. The van der Waals surface area contributed by atoms with Crippen molar-refractivity contribution in [2.45, 2.75) is 13.0 Å². The fraction of sp³-hybridized carbons (Fsp3) is 0.400. The quantitative estimate of drug-likeness (QED) is 0.725. The van der Waals surface area contributed by atoms with Crippen molar-refractivity contribution in [3.05, 3.63) is 35.9 Å². The molecule has 0 radical (unpaired) electrons. The van der Waals surface area contributed by atoms with Crippen molar-refractivity contribution in [1.82, 2.24) is 5.32 Å². The van der Waals surface area contributed by atoms with Gasteiger partial charge >= 0.3 is 0 Å². The van der Waals surface area contributed by atoms with Gasteiger partial charge in [-0.2, -0.15) is 0 Å². The molecule has 1 nitrogen and oxygen atoms in total. The van der Waals surface area contributed by atoms with Gasteiger partial charge in [-0.1, -0.05) is 30.3 Å². The van der Waals surface area contributed by atoms with Crippen LogP contribution in [0.25, 0.3) is 0 Å². The molecule has 12 heavy (non-hydrogen) atoms. The average molecular weight is 167 g/mol. The summed E-state index contributed by atoms with van der Waals surface area (Å²) in [6, 6.07) is 10.3. The van der Waals surface area contributed by atoms with Gasteiger partial charge in [0.25, 0.3) is 0 Å². The predicted molar refractivity (Wildman–Crippen MR) is 48.8 cm³/mol. The molecule has 1 N–H and O–H groups in total. The Kier molecular flexibility index (Phi) is 3.74. The lowest BCUT2D eigenvalue weighted by molar-refractivity contribution is 0.444. The van der Waals surface area contributed by atoms with Crippen LogP contribution in [0.5, 0.6) is 0 Å². The predicted octanol–water partition coefficient (Wildman–Crippen LogP) is 2.31. The molecule has 0 bridgehead atoms. The third-order valence-corrected chi connectivity index (χ3v) is 1.84. The number of hydrogen-bond donors (Lipinski definition) is 1. The standard InChI is InChI=1S/C10H14FN/c1-9(12-8-7-11)10-5-3-2-4-6-10/h2-6,9,12H,7-8H2,1H3. The Morgan fingerprint density at radius 3 is 2.58 bits per heavy atom. The summed E-state index contributed by atoms with van der Waals surface area (Å²) in [4.78, 5) is 0. The molecule has 0 spiro atoms. The zero-order valence-corrected chi connectivity index (χ0v) is 7.26. The maximum absolute atomic E-state index is 11.8. The van der Waals surface area contributed by atoms with E-state index in [1.165, 1.54) is 5.56 Å². The van der Waals surface area contributed by atoms with Gasteiger partial charge in [0.1, 0.15) is 6.67 Å². The van der Waals surface area contributed by atoms with E-state index >= 15 is 0 Å². The first-order valence-electron chi connectivity index (χ1n) is 4.19. The van der Waals surface area contributed by atoms with Crippen molar-refractivity contribution >= 4 is 0 Å². The van der Waals surface area contributed by atoms with Gasteiger partial charge in [0, 0.05) is 12.6 Å². The van der Waals surface area contributed by atoms with Gasteiger partial charge in [-0.15, -0.1) is 0 Å². The number of benzene rings is 1. The Hall–Kier alpha value is -0.890. The molecule has 2 heteroatoms. The monoisotopic (exact) mass is 167 g/mol. The average Bonchev–Trinajstić information content (AvgIpc) is 2.15. The minimum Gasteiger partial charge on any atom is -0.308 e. The zero-order valence-electron chi connectivity index (χ0n) is 7.26. The van der Waals surface area contributed by atoms with E-state index in [4.69, 9.17) is 0 Å². The first-order chi connectivity index (χ1) is 5.84. The summed E-state index contributed by atoms with van der Waals surface area (Å²) in [5.41, 5.74) is 1.20. The van der Waals surface area contributed by atoms with Crippen LogP contribution in [-0.4, -0.2) is 13.2 Å². The zero-order chi connectivity index (χ0) is 8.81. The fourth-order valence-electron chi connectivity index (χ4n) is 1.13. The van der Waals surface area contributed by atoms with E-state index in [9.17, 15) is 4.39 Å². The summed E-state index contributed by atoms with van der Waals surface area (Å²) in [6.45, 7) is 2.15. The van der Waals surface area contributed by atoms with Crippen LogP contribution in [0.1, 0.15) is 18.5 Å². The molecule has 66 valence electrons. The Labute approximate surface area is 72.6 Å². The summed E-state index contributed by atoms with van der Waals surface area (Å²) >= 11 is 0. The van der Waals surface area contributed by atoms with E-state index in [0.29, 0.717) is 6.54 Å². The van der Waals surface area contributed by atoms with Crippen molar-refractivity contribution in [2.24, 2.45) is 0 Å².